The molecule has 0 aromatic heterocycles. The van der Waals surface area contributed by atoms with Crippen LogP contribution in [0, 0.1) is 26.7 Å². The Bertz CT molecular complexity index is 596. The van der Waals surface area contributed by atoms with Crippen LogP contribution in [0.15, 0.2) is 36.4 Å². The first-order valence-electron chi connectivity index (χ1n) is 7.51. The van der Waals surface area contributed by atoms with E-state index in [4.69, 9.17) is 17.3 Å². The van der Waals surface area contributed by atoms with E-state index in [1.54, 1.807) is 0 Å². The first kappa shape index (κ1) is 16.1. The fourth-order valence-electron chi connectivity index (χ4n) is 3.03. The highest BCUT2D eigenvalue weighted by molar-refractivity contribution is 6.31. The van der Waals surface area contributed by atoms with Gasteiger partial charge in [-0.1, -0.05) is 47.5 Å². The highest BCUT2D eigenvalue weighted by atomic mass is 35.5. The second-order valence-electron chi connectivity index (χ2n) is 5.98. The lowest BCUT2D eigenvalue weighted by Crippen LogP contribution is -2.20. The molecule has 0 heterocycles. The molecule has 0 bridgehead atoms. The van der Waals surface area contributed by atoms with Crippen molar-refractivity contribution in [2.45, 2.75) is 33.6 Å². The van der Waals surface area contributed by atoms with Gasteiger partial charge in [-0.2, -0.15) is 0 Å². The van der Waals surface area contributed by atoms with Crippen LogP contribution in [-0.2, 0) is 12.8 Å². The Morgan fingerprint density at radius 3 is 2.19 bits per heavy atom. The standard InChI is InChI=1S/C19H24ClN/c1-13-8-14(2)18(15(3)9-13)11-16(12-21)10-17-6-4-5-7-19(17)20/h4-9,16H,10-12,21H2,1-3H3. The van der Waals surface area contributed by atoms with Crippen LogP contribution in [0.5, 0.6) is 0 Å². The molecule has 2 aromatic carbocycles. The first-order chi connectivity index (χ1) is 10.0. The monoisotopic (exact) mass is 301 g/mol. The fraction of sp³-hybridized carbons (Fsp3) is 0.368. The van der Waals surface area contributed by atoms with Crippen LogP contribution in [0.4, 0.5) is 0 Å². The van der Waals surface area contributed by atoms with Crippen molar-refractivity contribution in [1.82, 2.24) is 0 Å². The average molecular weight is 302 g/mol. The minimum absolute atomic E-state index is 0.421. The van der Waals surface area contributed by atoms with E-state index in [9.17, 15) is 0 Å². The Hall–Kier alpha value is -1.31. The summed E-state index contributed by atoms with van der Waals surface area (Å²) in [5, 5.41) is 0.841. The number of rotatable bonds is 5. The van der Waals surface area contributed by atoms with E-state index in [0.717, 1.165) is 17.9 Å². The molecule has 0 aliphatic rings. The van der Waals surface area contributed by atoms with E-state index in [1.807, 2.05) is 18.2 Å². The van der Waals surface area contributed by atoms with Crippen LogP contribution in [0.2, 0.25) is 5.02 Å². The molecular weight excluding hydrogens is 278 g/mol. The van der Waals surface area contributed by atoms with Gasteiger partial charge in [0.2, 0.25) is 0 Å². The molecule has 0 saturated heterocycles. The zero-order valence-corrected chi connectivity index (χ0v) is 13.9. The summed E-state index contributed by atoms with van der Waals surface area (Å²) in [6.07, 6.45) is 1.95. The van der Waals surface area contributed by atoms with Gasteiger partial charge in [0.25, 0.3) is 0 Å². The van der Waals surface area contributed by atoms with Gasteiger partial charge in [0.1, 0.15) is 0 Å². The smallest absolute Gasteiger partial charge is 0.0438 e. The molecule has 2 aromatic rings. The highest BCUT2D eigenvalue weighted by Gasteiger charge is 2.14. The fourth-order valence-corrected chi connectivity index (χ4v) is 3.25. The molecule has 0 aliphatic heterocycles. The third kappa shape index (κ3) is 4.09. The molecule has 1 atom stereocenters. The average Bonchev–Trinajstić information content (AvgIpc) is 2.43. The predicted octanol–water partition coefficient (Wildman–Crippen LogP) is 4.63. The van der Waals surface area contributed by atoms with Gasteiger partial charge in [0, 0.05) is 5.02 Å². The summed E-state index contributed by atoms with van der Waals surface area (Å²) in [5.41, 5.74) is 12.7. The van der Waals surface area contributed by atoms with Gasteiger partial charge in [-0.3, -0.25) is 0 Å². The van der Waals surface area contributed by atoms with Crippen molar-refractivity contribution in [2.24, 2.45) is 11.7 Å². The van der Waals surface area contributed by atoms with Crippen LogP contribution >= 0.6 is 11.6 Å². The lowest BCUT2D eigenvalue weighted by atomic mass is 9.88. The number of benzene rings is 2. The van der Waals surface area contributed by atoms with E-state index in [-0.39, 0.29) is 0 Å². The molecule has 1 nitrogen and oxygen atoms in total. The molecule has 21 heavy (non-hydrogen) atoms. The zero-order chi connectivity index (χ0) is 15.4. The molecular formula is C19H24ClN. The first-order valence-corrected chi connectivity index (χ1v) is 7.89. The Kier molecular flexibility index (Phi) is 5.44. The zero-order valence-electron chi connectivity index (χ0n) is 13.1. The van der Waals surface area contributed by atoms with E-state index in [1.165, 1.54) is 27.8 Å². The van der Waals surface area contributed by atoms with Gasteiger partial charge in [-0.15, -0.1) is 0 Å². The molecule has 0 spiro atoms. The largest absolute Gasteiger partial charge is 0.330 e. The van der Waals surface area contributed by atoms with Gasteiger partial charge >= 0.3 is 0 Å². The lowest BCUT2D eigenvalue weighted by molar-refractivity contribution is 0.531. The summed E-state index contributed by atoms with van der Waals surface area (Å²) >= 11 is 6.27. The maximum atomic E-state index is 6.27. The summed E-state index contributed by atoms with van der Waals surface area (Å²) in [5.74, 6) is 0.421. The van der Waals surface area contributed by atoms with Crippen molar-refractivity contribution < 1.29 is 0 Å². The van der Waals surface area contributed by atoms with E-state index in [0.29, 0.717) is 12.5 Å². The van der Waals surface area contributed by atoms with Crippen LogP contribution in [0.3, 0.4) is 0 Å². The van der Waals surface area contributed by atoms with Crippen molar-refractivity contribution in [2.75, 3.05) is 6.54 Å². The van der Waals surface area contributed by atoms with Crippen molar-refractivity contribution in [3.05, 3.63) is 69.2 Å². The van der Waals surface area contributed by atoms with Gasteiger partial charge in [-0.25, -0.2) is 0 Å². The van der Waals surface area contributed by atoms with E-state index < -0.39 is 0 Å². The van der Waals surface area contributed by atoms with Crippen LogP contribution < -0.4 is 5.73 Å². The predicted molar refractivity (Wildman–Crippen MR) is 92.1 cm³/mol. The maximum absolute atomic E-state index is 6.27. The molecule has 0 fully saturated rings. The SMILES string of the molecule is Cc1cc(C)c(CC(CN)Cc2ccccc2Cl)c(C)c1. The molecule has 0 amide bonds. The van der Waals surface area contributed by atoms with Gasteiger partial charge in [0.15, 0.2) is 0 Å². The summed E-state index contributed by atoms with van der Waals surface area (Å²) in [7, 11) is 0. The van der Waals surface area contributed by atoms with Crippen molar-refractivity contribution in [1.29, 1.82) is 0 Å². The minimum Gasteiger partial charge on any atom is -0.330 e. The molecule has 1 unspecified atom stereocenters. The second kappa shape index (κ2) is 7.11. The molecule has 2 N–H and O–H groups in total. The number of halogens is 1. The number of hydrogen-bond donors (Lipinski definition) is 1. The summed E-state index contributed by atoms with van der Waals surface area (Å²) in [6.45, 7) is 7.21. The molecule has 112 valence electrons. The molecule has 0 radical (unpaired) electrons. The van der Waals surface area contributed by atoms with Crippen molar-refractivity contribution >= 4 is 11.6 Å². The second-order valence-corrected chi connectivity index (χ2v) is 6.39. The third-order valence-corrected chi connectivity index (χ3v) is 4.50. The molecule has 2 rings (SSSR count). The van der Waals surface area contributed by atoms with Gasteiger partial charge < -0.3 is 5.73 Å². The lowest BCUT2D eigenvalue weighted by Gasteiger charge is -2.19. The van der Waals surface area contributed by atoms with Crippen LogP contribution in [0.1, 0.15) is 27.8 Å². The van der Waals surface area contributed by atoms with E-state index >= 15 is 0 Å². The quantitative estimate of drug-likeness (QED) is 0.856. The normalized spacial score (nSPS) is 12.4. The van der Waals surface area contributed by atoms with Crippen LogP contribution in [-0.4, -0.2) is 6.54 Å². The summed E-state index contributed by atoms with van der Waals surface area (Å²) in [4.78, 5) is 0. The molecule has 2 heteroatoms. The number of aryl methyl sites for hydroxylation is 3. The van der Waals surface area contributed by atoms with Gasteiger partial charge in [0.05, 0.1) is 0 Å². The summed E-state index contributed by atoms with van der Waals surface area (Å²) < 4.78 is 0. The minimum atomic E-state index is 0.421. The highest BCUT2D eigenvalue weighted by Crippen LogP contribution is 2.24. The van der Waals surface area contributed by atoms with Crippen molar-refractivity contribution in [3.8, 4) is 0 Å². The number of nitrogens with two attached hydrogens (primary N) is 1. The topological polar surface area (TPSA) is 26.0 Å². The number of hydrogen-bond acceptors (Lipinski definition) is 1. The van der Waals surface area contributed by atoms with Gasteiger partial charge in [-0.05, 0) is 74.4 Å². The maximum Gasteiger partial charge on any atom is 0.0438 e. The Labute approximate surface area is 133 Å². The Balaban J connectivity index is 2.19. The molecule has 0 aliphatic carbocycles. The molecule has 0 saturated carbocycles. The van der Waals surface area contributed by atoms with Crippen LogP contribution in [0.25, 0.3) is 0 Å². The van der Waals surface area contributed by atoms with Crippen molar-refractivity contribution in [3.63, 3.8) is 0 Å². The van der Waals surface area contributed by atoms with E-state index in [2.05, 4.69) is 39.0 Å². The Morgan fingerprint density at radius 1 is 1.00 bits per heavy atom. The summed E-state index contributed by atoms with van der Waals surface area (Å²) in [6, 6.07) is 12.6. The Morgan fingerprint density at radius 2 is 1.62 bits per heavy atom. The third-order valence-electron chi connectivity index (χ3n) is 4.13.